The molecule has 108 valence electrons. The number of nitrogens with zero attached hydrogens (tertiary/aromatic N) is 2. The van der Waals surface area contributed by atoms with Gasteiger partial charge < -0.3 is 14.8 Å². The number of aryl methyl sites for hydroxylation is 1. The molecule has 0 radical (unpaired) electrons. The molecule has 0 aromatic carbocycles. The molecule has 0 aliphatic heterocycles. The first-order chi connectivity index (χ1) is 9.28. The van der Waals surface area contributed by atoms with Gasteiger partial charge in [0.1, 0.15) is 12.2 Å². The lowest BCUT2D eigenvalue weighted by molar-refractivity contribution is -0.104. The van der Waals surface area contributed by atoms with Gasteiger partial charge in [0, 0.05) is 25.6 Å². The third-order valence-electron chi connectivity index (χ3n) is 3.49. The van der Waals surface area contributed by atoms with Crippen LogP contribution in [0.4, 0.5) is 0 Å². The van der Waals surface area contributed by atoms with Crippen LogP contribution >= 0.6 is 0 Å². The monoisotopic (exact) mass is 267 g/mol. The van der Waals surface area contributed by atoms with Crippen molar-refractivity contribution in [2.75, 3.05) is 13.2 Å². The average molecular weight is 267 g/mol. The predicted octanol–water partition coefficient (Wildman–Crippen LogP) is 1.83. The highest BCUT2D eigenvalue weighted by Gasteiger charge is 2.43. The summed E-state index contributed by atoms with van der Waals surface area (Å²) in [5.74, 6) is 0.838. The molecule has 19 heavy (non-hydrogen) atoms. The summed E-state index contributed by atoms with van der Waals surface area (Å²) >= 11 is 0. The molecular weight excluding hydrogens is 242 g/mol. The second kappa shape index (κ2) is 6.91. The van der Waals surface area contributed by atoms with Crippen molar-refractivity contribution in [2.45, 2.75) is 58.4 Å². The molecule has 1 aromatic rings. The zero-order valence-corrected chi connectivity index (χ0v) is 12.1. The van der Waals surface area contributed by atoms with Gasteiger partial charge in [0.15, 0.2) is 5.75 Å². The lowest BCUT2D eigenvalue weighted by Crippen LogP contribution is -2.61. The Balaban J connectivity index is 1.86. The van der Waals surface area contributed by atoms with Crippen LogP contribution in [0.25, 0.3) is 0 Å². The Hall–Kier alpha value is -1.07. The quantitative estimate of drug-likeness (QED) is 0.780. The molecule has 0 bridgehead atoms. The third kappa shape index (κ3) is 3.48. The number of nitrogens with one attached hydrogen (secondary N) is 1. The van der Waals surface area contributed by atoms with Gasteiger partial charge in [0.2, 0.25) is 0 Å². The van der Waals surface area contributed by atoms with Crippen LogP contribution in [0, 0.1) is 0 Å². The summed E-state index contributed by atoms with van der Waals surface area (Å²) in [4.78, 5) is 0. The number of hydrogen-bond acceptors (Lipinski definition) is 4. The zero-order valence-electron chi connectivity index (χ0n) is 12.1. The molecule has 5 nitrogen and oxygen atoms in total. The largest absolute Gasteiger partial charge is 0.484 e. The molecule has 1 heterocycles. The maximum atomic E-state index is 5.96. The fourth-order valence-electron chi connectivity index (χ4n) is 2.40. The van der Waals surface area contributed by atoms with E-state index >= 15 is 0 Å². The van der Waals surface area contributed by atoms with E-state index in [0.29, 0.717) is 6.04 Å². The maximum Gasteiger partial charge on any atom is 0.157 e. The molecule has 2 rings (SSSR count). The van der Waals surface area contributed by atoms with Crippen LogP contribution < -0.4 is 10.1 Å². The van der Waals surface area contributed by atoms with Crippen molar-refractivity contribution in [3.63, 3.8) is 0 Å². The van der Waals surface area contributed by atoms with Crippen LogP contribution in [0.5, 0.6) is 5.75 Å². The molecular formula is C14H25N3O2. The SMILES string of the molecule is CCCNC1CC(Oc2cnn(CC)c2)C1OCC. The van der Waals surface area contributed by atoms with Crippen LogP contribution in [0.1, 0.15) is 33.6 Å². The Labute approximate surface area is 115 Å². The summed E-state index contributed by atoms with van der Waals surface area (Å²) in [5.41, 5.74) is 0. The maximum absolute atomic E-state index is 5.96. The number of rotatable bonds is 8. The highest BCUT2D eigenvalue weighted by atomic mass is 16.5. The molecule has 1 fully saturated rings. The smallest absolute Gasteiger partial charge is 0.157 e. The minimum atomic E-state index is 0.142. The van der Waals surface area contributed by atoms with E-state index in [1.807, 2.05) is 17.8 Å². The van der Waals surface area contributed by atoms with E-state index in [-0.39, 0.29) is 12.2 Å². The Morgan fingerprint density at radius 2 is 2.26 bits per heavy atom. The van der Waals surface area contributed by atoms with Gasteiger partial charge in [-0.15, -0.1) is 0 Å². The van der Waals surface area contributed by atoms with E-state index in [9.17, 15) is 0 Å². The molecule has 1 aliphatic rings. The summed E-state index contributed by atoms with van der Waals surface area (Å²) in [6.45, 7) is 8.89. The van der Waals surface area contributed by atoms with Crippen molar-refractivity contribution < 1.29 is 9.47 Å². The molecule has 1 saturated carbocycles. The molecule has 3 unspecified atom stereocenters. The minimum Gasteiger partial charge on any atom is -0.484 e. The summed E-state index contributed by atoms with van der Waals surface area (Å²) in [6.07, 6.45) is 6.16. The van der Waals surface area contributed by atoms with Crippen LogP contribution in [-0.2, 0) is 11.3 Å². The van der Waals surface area contributed by atoms with Crippen LogP contribution in [0.15, 0.2) is 12.4 Å². The van der Waals surface area contributed by atoms with Gasteiger partial charge in [-0.1, -0.05) is 6.92 Å². The minimum absolute atomic E-state index is 0.142. The first kappa shape index (κ1) is 14.3. The highest BCUT2D eigenvalue weighted by Crippen LogP contribution is 2.29. The molecule has 1 aromatic heterocycles. The normalized spacial score (nSPS) is 26.2. The van der Waals surface area contributed by atoms with E-state index in [2.05, 4.69) is 24.3 Å². The second-order valence-corrected chi connectivity index (χ2v) is 4.90. The van der Waals surface area contributed by atoms with Gasteiger partial charge >= 0.3 is 0 Å². The Bertz CT molecular complexity index is 381. The van der Waals surface area contributed by atoms with Crippen molar-refractivity contribution in [3.05, 3.63) is 12.4 Å². The summed E-state index contributed by atoms with van der Waals surface area (Å²) < 4.78 is 13.6. The standard InChI is InChI=1S/C14H25N3O2/c1-4-7-15-12-8-13(14(12)18-6-3)19-11-9-16-17(5-2)10-11/h9-10,12-15H,4-8H2,1-3H3. The number of ether oxygens (including phenoxy) is 2. The third-order valence-corrected chi connectivity index (χ3v) is 3.49. The Morgan fingerprint density at radius 3 is 2.89 bits per heavy atom. The predicted molar refractivity (Wildman–Crippen MR) is 74.4 cm³/mol. The lowest BCUT2D eigenvalue weighted by Gasteiger charge is -2.43. The molecule has 0 spiro atoms. The average Bonchev–Trinajstić information content (AvgIpc) is 2.87. The van der Waals surface area contributed by atoms with Gasteiger partial charge in [-0.25, -0.2) is 0 Å². The molecule has 3 atom stereocenters. The fourth-order valence-corrected chi connectivity index (χ4v) is 2.40. The molecule has 0 amide bonds. The van der Waals surface area contributed by atoms with Gasteiger partial charge in [-0.2, -0.15) is 5.10 Å². The Kier molecular flexibility index (Phi) is 5.22. The van der Waals surface area contributed by atoms with Gasteiger partial charge in [-0.05, 0) is 26.8 Å². The van der Waals surface area contributed by atoms with E-state index in [1.54, 1.807) is 6.20 Å². The summed E-state index contributed by atoms with van der Waals surface area (Å²) in [7, 11) is 0. The van der Waals surface area contributed by atoms with Crippen LogP contribution in [0.2, 0.25) is 0 Å². The Morgan fingerprint density at radius 1 is 1.42 bits per heavy atom. The van der Waals surface area contributed by atoms with E-state index < -0.39 is 0 Å². The van der Waals surface area contributed by atoms with Gasteiger partial charge in [0.25, 0.3) is 0 Å². The fraction of sp³-hybridized carbons (Fsp3) is 0.786. The zero-order chi connectivity index (χ0) is 13.7. The van der Waals surface area contributed by atoms with Crippen molar-refractivity contribution in [2.24, 2.45) is 0 Å². The van der Waals surface area contributed by atoms with Crippen LogP contribution in [-0.4, -0.2) is 41.2 Å². The van der Waals surface area contributed by atoms with Crippen LogP contribution in [0.3, 0.4) is 0 Å². The van der Waals surface area contributed by atoms with Gasteiger partial charge in [-0.3, -0.25) is 4.68 Å². The van der Waals surface area contributed by atoms with Crippen molar-refractivity contribution >= 4 is 0 Å². The summed E-state index contributed by atoms with van der Waals surface area (Å²) in [6, 6.07) is 0.422. The molecule has 0 saturated heterocycles. The van der Waals surface area contributed by atoms with E-state index in [0.717, 1.165) is 38.3 Å². The highest BCUT2D eigenvalue weighted by molar-refractivity contribution is 5.14. The molecule has 5 heteroatoms. The molecule has 1 N–H and O–H groups in total. The van der Waals surface area contributed by atoms with E-state index in [4.69, 9.17) is 9.47 Å². The first-order valence-electron chi connectivity index (χ1n) is 7.32. The van der Waals surface area contributed by atoms with Crippen molar-refractivity contribution in [1.29, 1.82) is 0 Å². The molecule has 1 aliphatic carbocycles. The lowest BCUT2D eigenvalue weighted by atomic mass is 9.85. The second-order valence-electron chi connectivity index (χ2n) is 4.90. The van der Waals surface area contributed by atoms with Crippen molar-refractivity contribution in [1.82, 2.24) is 15.1 Å². The first-order valence-corrected chi connectivity index (χ1v) is 7.32. The summed E-state index contributed by atoms with van der Waals surface area (Å²) in [5, 5.41) is 7.73. The van der Waals surface area contributed by atoms with E-state index in [1.165, 1.54) is 0 Å². The van der Waals surface area contributed by atoms with Crippen molar-refractivity contribution in [3.8, 4) is 5.75 Å². The van der Waals surface area contributed by atoms with Gasteiger partial charge in [0.05, 0.1) is 12.4 Å². The number of aromatic nitrogens is 2. The topological polar surface area (TPSA) is 48.3 Å². The number of hydrogen-bond donors (Lipinski definition) is 1.